The van der Waals surface area contributed by atoms with Gasteiger partial charge < -0.3 is 0 Å². The Kier molecular flexibility index (Phi) is 4.70. The van der Waals surface area contributed by atoms with Crippen molar-refractivity contribution in [3.63, 3.8) is 0 Å². The molecule has 0 radical (unpaired) electrons. The number of benzene rings is 1. The fourth-order valence-corrected chi connectivity index (χ4v) is 4.02. The third-order valence-electron chi connectivity index (χ3n) is 2.14. The van der Waals surface area contributed by atoms with Crippen molar-refractivity contribution in [2.45, 2.75) is 8.59 Å². The van der Waals surface area contributed by atoms with Gasteiger partial charge in [0.15, 0.2) is 9.84 Å². The first-order valence-corrected chi connectivity index (χ1v) is 8.15. The zero-order valence-corrected chi connectivity index (χ0v) is 13.3. The number of halogens is 3. The number of sulfone groups is 1. The summed E-state index contributed by atoms with van der Waals surface area (Å²) in [5.41, 5.74) is 0.148. The van der Waals surface area contributed by atoms with Crippen LogP contribution in [0.15, 0.2) is 24.3 Å². The van der Waals surface area contributed by atoms with Crippen molar-refractivity contribution >= 4 is 54.1 Å². The number of rotatable bonds is 4. The number of Topliss-reactive ketones (excluding diaryl/α,β-unsaturated/α-hetero) is 1. The van der Waals surface area contributed by atoms with Crippen LogP contribution < -0.4 is 0 Å². The molecular formula is C10H9BrFIO3S. The minimum Gasteiger partial charge on any atom is -0.290 e. The average Bonchev–Trinajstić information content (AvgIpc) is 2.28. The molecule has 0 saturated heterocycles. The zero-order chi connectivity index (χ0) is 13.3. The Morgan fingerprint density at radius 3 is 2.29 bits per heavy atom. The molecule has 94 valence electrons. The van der Waals surface area contributed by atoms with Gasteiger partial charge in [0.2, 0.25) is 7.45 Å². The highest BCUT2D eigenvalue weighted by Crippen LogP contribution is 2.37. The summed E-state index contributed by atoms with van der Waals surface area (Å²) in [6, 6.07) is 4.76. The van der Waals surface area contributed by atoms with Gasteiger partial charge in [-0.25, -0.2) is 12.8 Å². The highest BCUT2D eigenvalue weighted by molar-refractivity contribution is 14.1. The van der Waals surface area contributed by atoms with E-state index < -0.39 is 23.1 Å². The first kappa shape index (κ1) is 15.0. The van der Waals surface area contributed by atoms with Crippen molar-refractivity contribution < 1.29 is 17.6 Å². The van der Waals surface area contributed by atoms with E-state index in [4.69, 9.17) is 0 Å². The Bertz CT molecular complexity index is 525. The Labute approximate surface area is 121 Å². The molecular weight excluding hydrogens is 426 g/mol. The highest BCUT2D eigenvalue weighted by Gasteiger charge is 2.45. The topological polar surface area (TPSA) is 51.2 Å². The van der Waals surface area contributed by atoms with Crippen LogP contribution >= 0.6 is 38.5 Å². The molecule has 3 nitrogen and oxygen atoms in total. The molecule has 0 aromatic heterocycles. The standard InChI is InChI=1S/C10H9BrFIO3S/c1-2-17(15,16)10(11,13)9(14)7-3-5-8(12)6-4-7/h3-6H,2H2,1H3. The molecule has 1 rings (SSSR count). The van der Waals surface area contributed by atoms with Crippen molar-refractivity contribution in [1.82, 2.24) is 0 Å². The zero-order valence-electron chi connectivity index (χ0n) is 8.78. The van der Waals surface area contributed by atoms with E-state index in [0.29, 0.717) is 0 Å². The Morgan fingerprint density at radius 2 is 1.88 bits per heavy atom. The Morgan fingerprint density at radius 1 is 1.41 bits per heavy atom. The van der Waals surface area contributed by atoms with E-state index in [1.807, 2.05) is 0 Å². The largest absolute Gasteiger partial charge is 0.290 e. The van der Waals surface area contributed by atoms with E-state index in [1.54, 1.807) is 22.6 Å². The van der Waals surface area contributed by atoms with Crippen LogP contribution in [0.2, 0.25) is 0 Å². The summed E-state index contributed by atoms with van der Waals surface area (Å²) in [5, 5.41) is 0. The molecule has 7 heteroatoms. The van der Waals surface area contributed by atoms with E-state index >= 15 is 0 Å². The molecule has 0 amide bonds. The smallest absolute Gasteiger partial charge is 0.239 e. The fraction of sp³-hybridized carbons (Fsp3) is 0.300. The van der Waals surface area contributed by atoms with Crippen LogP contribution in [-0.2, 0) is 9.84 Å². The molecule has 0 saturated carbocycles. The molecule has 1 aromatic rings. The van der Waals surface area contributed by atoms with E-state index in [2.05, 4.69) is 15.9 Å². The van der Waals surface area contributed by atoms with Crippen LogP contribution in [-0.4, -0.2) is 21.6 Å². The lowest BCUT2D eigenvalue weighted by Crippen LogP contribution is -2.35. The van der Waals surface area contributed by atoms with E-state index in [0.717, 1.165) is 12.1 Å². The lowest BCUT2D eigenvalue weighted by atomic mass is 10.1. The summed E-state index contributed by atoms with van der Waals surface area (Å²) >= 11 is 4.48. The van der Waals surface area contributed by atoms with Crippen molar-refractivity contribution in [2.24, 2.45) is 0 Å². The first-order chi connectivity index (χ1) is 7.72. The maximum atomic E-state index is 12.7. The van der Waals surface area contributed by atoms with Gasteiger partial charge >= 0.3 is 0 Å². The van der Waals surface area contributed by atoms with Crippen LogP contribution in [0, 0.1) is 5.82 Å². The van der Waals surface area contributed by atoms with Crippen LogP contribution in [0.5, 0.6) is 0 Å². The van der Waals surface area contributed by atoms with Gasteiger partial charge in [-0.2, -0.15) is 0 Å². The van der Waals surface area contributed by atoms with Gasteiger partial charge in [0.05, 0.1) is 5.75 Å². The number of alkyl halides is 2. The summed E-state index contributed by atoms with van der Waals surface area (Å²) < 4.78 is 34.5. The Balaban J connectivity index is 3.18. The van der Waals surface area contributed by atoms with Crippen LogP contribution in [0.3, 0.4) is 0 Å². The van der Waals surface area contributed by atoms with Crippen LogP contribution in [0.1, 0.15) is 17.3 Å². The minimum atomic E-state index is -3.60. The SMILES string of the molecule is CCS(=O)(=O)C(Br)(I)C(=O)c1ccc(F)cc1. The summed E-state index contributed by atoms with van der Waals surface area (Å²) in [5.74, 6) is -1.25. The Hall–Kier alpha value is -0.0200. The maximum Gasteiger partial charge on any atom is 0.239 e. The molecule has 0 heterocycles. The average molecular weight is 435 g/mol. The monoisotopic (exact) mass is 434 g/mol. The van der Waals surface area contributed by atoms with Gasteiger partial charge in [-0.15, -0.1) is 0 Å². The number of carbonyl (C=O) groups is 1. The quantitative estimate of drug-likeness (QED) is 0.416. The summed E-state index contributed by atoms with van der Waals surface area (Å²) in [4.78, 5) is 12.0. The normalized spacial score (nSPS) is 15.3. The number of ketones is 1. The van der Waals surface area contributed by atoms with Crippen LogP contribution in [0.25, 0.3) is 0 Å². The second-order valence-corrected chi connectivity index (χ2v) is 11.2. The molecule has 0 aliphatic heterocycles. The van der Waals surface area contributed by atoms with Gasteiger partial charge in [-0.1, -0.05) is 6.92 Å². The van der Waals surface area contributed by atoms with Gasteiger partial charge in [0, 0.05) is 5.56 Å². The van der Waals surface area contributed by atoms with Gasteiger partial charge in [0.25, 0.3) is 0 Å². The number of carbonyl (C=O) groups excluding carboxylic acids is 1. The van der Waals surface area contributed by atoms with Gasteiger partial charge in [-0.05, 0) is 62.8 Å². The number of hydrogen-bond acceptors (Lipinski definition) is 3. The van der Waals surface area contributed by atoms with Gasteiger partial charge in [0.1, 0.15) is 5.82 Å². The molecule has 1 unspecified atom stereocenters. The summed E-state index contributed by atoms with van der Waals surface area (Å²) in [7, 11) is -3.60. The molecule has 1 atom stereocenters. The van der Waals surface area contributed by atoms with Gasteiger partial charge in [-0.3, -0.25) is 4.79 Å². The van der Waals surface area contributed by atoms with E-state index in [-0.39, 0.29) is 11.3 Å². The molecule has 0 N–H and O–H groups in total. The lowest BCUT2D eigenvalue weighted by Gasteiger charge is -2.18. The molecule has 0 aliphatic rings. The molecule has 1 aromatic carbocycles. The lowest BCUT2D eigenvalue weighted by molar-refractivity contribution is 0.101. The summed E-state index contributed by atoms with van der Waals surface area (Å²) in [6.07, 6.45) is 0. The molecule has 0 spiro atoms. The maximum absolute atomic E-state index is 12.7. The molecule has 0 fully saturated rings. The van der Waals surface area contributed by atoms with Crippen molar-refractivity contribution in [3.8, 4) is 0 Å². The second kappa shape index (κ2) is 5.31. The second-order valence-electron chi connectivity index (χ2n) is 3.26. The minimum absolute atomic E-state index is 0.148. The van der Waals surface area contributed by atoms with Crippen molar-refractivity contribution in [3.05, 3.63) is 35.6 Å². The van der Waals surface area contributed by atoms with Crippen LogP contribution in [0.4, 0.5) is 4.39 Å². The fourth-order valence-electron chi connectivity index (χ4n) is 1.09. The van der Waals surface area contributed by atoms with Crippen molar-refractivity contribution in [2.75, 3.05) is 5.75 Å². The van der Waals surface area contributed by atoms with Crippen molar-refractivity contribution in [1.29, 1.82) is 0 Å². The molecule has 0 bridgehead atoms. The predicted molar refractivity (Wildman–Crippen MR) is 75.9 cm³/mol. The predicted octanol–water partition coefficient (Wildman–Crippen LogP) is 2.93. The first-order valence-electron chi connectivity index (χ1n) is 4.63. The molecule has 17 heavy (non-hydrogen) atoms. The third kappa shape index (κ3) is 3.05. The van der Waals surface area contributed by atoms with E-state index in [9.17, 15) is 17.6 Å². The highest BCUT2D eigenvalue weighted by atomic mass is 127. The molecule has 0 aliphatic carbocycles. The van der Waals surface area contributed by atoms with E-state index in [1.165, 1.54) is 19.1 Å². The summed E-state index contributed by atoms with van der Waals surface area (Å²) in [6.45, 7) is 1.46. The third-order valence-corrected chi connectivity index (χ3v) is 8.21. The number of hydrogen-bond donors (Lipinski definition) is 0.